The predicted molar refractivity (Wildman–Crippen MR) is 101 cm³/mol. The Morgan fingerprint density at radius 3 is 2.82 bits per heavy atom. The molecule has 0 unspecified atom stereocenters. The van der Waals surface area contributed by atoms with Gasteiger partial charge in [0.1, 0.15) is 18.1 Å². The van der Waals surface area contributed by atoms with Crippen molar-refractivity contribution in [2.24, 2.45) is 0 Å². The van der Waals surface area contributed by atoms with Gasteiger partial charge in [-0.1, -0.05) is 22.8 Å². The molecule has 4 aromatic rings. The third-order valence-electron chi connectivity index (χ3n) is 3.81. The molecule has 0 aliphatic heterocycles. The summed E-state index contributed by atoms with van der Waals surface area (Å²) in [4.78, 5) is 20.6. The van der Waals surface area contributed by atoms with Crippen LogP contribution in [-0.4, -0.2) is 25.6 Å². The fourth-order valence-corrected chi connectivity index (χ4v) is 2.72. The van der Waals surface area contributed by atoms with Gasteiger partial charge >= 0.3 is 0 Å². The van der Waals surface area contributed by atoms with Crippen molar-refractivity contribution in [3.63, 3.8) is 0 Å². The molecule has 0 aliphatic carbocycles. The van der Waals surface area contributed by atoms with E-state index in [-0.39, 0.29) is 30.0 Å². The third-order valence-corrected chi connectivity index (χ3v) is 4.05. The number of rotatable bonds is 5. The minimum absolute atomic E-state index is 0.0577. The summed E-state index contributed by atoms with van der Waals surface area (Å²) >= 11 is 5.91. The molecule has 2 heterocycles. The normalized spacial score (nSPS) is 10.8. The Morgan fingerprint density at radius 2 is 2.04 bits per heavy atom. The van der Waals surface area contributed by atoms with Crippen LogP contribution in [-0.2, 0) is 11.3 Å². The molecule has 0 aliphatic rings. The van der Waals surface area contributed by atoms with E-state index in [0.717, 1.165) is 0 Å². The highest BCUT2D eigenvalue weighted by Crippen LogP contribution is 2.21. The summed E-state index contributed by atoms with van der Waals surface area (Å²) in [6.07, 6.45) is 3.14. The van der Waals surface area contributed by atoms with Crippen LogP contribution in [0.1, 0.15) is 0 Å². The molecular weight excluding hydrogens is 385 g/mol. The Kier molecular flexibility index (Phi) is 4.86. The largest absolute Gasteiger partial charge is 0.334 e. The van der Waals surface area contributed by atoms with Crippen LogP contribution in [0.4, 0.5) is 10.1 Å². The topological polar surface area (TPSA) is 85.8 Å². The maximum absolute atomic E-state index is 13.0. The quantitative estimate of drug-likeness (QED) is 0.549. The fraction of sp³-hybridized carbons (Fsp3) is 0.0526. The molecule has 140 valence electrons. The summed E-state index contributed by atoms with van der Waals surface area (Å²) < 4.78 is 19.8. The molecular formula is C19H13ClFN5O2. The molecule has 28 heavy (non-hydrogen) atoms. The number of aromatic nitrogens is 4. The van der Waals surface area contributed by atoms with Crippen LogP contribution in [0.2, 0.25) is 5.02 Å². The van der Waals surface area contributed by atoms with E-state index in [1.807, 2.05) is 0 Å². The lowest BCUT2D eigenvalue weighted by atomic mass is 10.2. The van der Waals surface area contributed by atoms with E-state index in [2.05, 4.69) is 20.4 Å². The Hall–Kier alpha value is -3.52. The lowest BCUT2D eigenvalue weighted by Crippen LogP contribution is -2.17. The van der Waals surface area contributed by atoms with Crippen LogP contribution in [0.5, 0.6) is 0 Å². The van der Waals surface area contributed by atoms with E-state index in [4.69, 9.17) is 16.1 Å². The third kappa shape index (κ3) is 4.07. The van der Waals surface area contributed by atoms with Crippen molar-refractivity contribution in [3.8, 4) is 23.0 Å². The first-order valence-electron chi connectivity index (χ1n) is 8.24. The standard InChI is InChI=1S/C19H13ClFN5O2/c20-13-2-1-3-15(8-13)23-17(27)10-26-9-16(22-11-26)18-24-19(28-25-18)12-4-6-14(21)7-5-12/h1-9,11H,10H2,(H,23,27). The summed E-state index contributed by atoms with van der Waals surface area (Å²) in [5, 5.41) is 7.18. The van der Waals surface area contributed by atoms with E-state index in [1.54, 1.807) is 47.2 Å². The molecule has 0 bridgehead atoms. The second-order valence-electron chi connectivity index (χ2n) is 5.92. The highest BCUT2D eigenvalue weighted by Gasteiger charge is 2.14. The summed E-state index contributed by atoms with van der Waals surface area (Å²) in [6, 6.07) is 12.6. The molecule has 0 spiro atoms. The van der Waals surface area contributed by atoms with Crippen LogP contribution in [0.3, 0.4) is 0 Å². The van der Waals surface area contributed by atoms with Gasteiger partial charge in [-0.15, -0.1) is 0 Å². The number of hydrogen-bond donors (Lipinski definition) is 1. The van der Waals surface area contributed by atoms with Gasteiger partial charge in [-0.25, -0.2) is 9.37 Å². The van der Waals surface area contributed by atoms with Crippen LogP contribution in [0, 0.1) is 5.82 Å². The smallest absolute Gasteiger partial charge is 0.258 e. The second-order valence-corrected chi connectivity index (χ2v) is 6.36. The number of benzene rings is 2. The van der Waals surface area contributed by atoms with Crippen LogP contribution < -0.4 is 5.32 Å². The van der Waals surface area contributed by atoms with E-state index < -0.39 is 0 Å². The maximum atomic E-state index is 13.0. The van der Waals surface area contributed by atoms with Crippen molar-refractivity contribution in [2.45, 2.75) is 6.54 Å². The van der Waals surface area contributed by atoms with Gasteiger partial charge in [0.2, 0.25) is 11.7 Å². The average molecular weight is 398 g/mol. The molecule has 1 N–H and O–H groups in total. The van der Waals surface area contributed by atoms with Gasteiger partial charge in [0.05, 0.1) is 6.33 Å². The first-order valence-corrected chi connectivity index (χ1v) is 8.62. The van der Waals surface area contributed by atoms with Crippen molar-refractivity contribution in [3.05, 3.63) is 71.9 Å². The maximum Gasteiger partial charge on any atom is 0.258 e. The molecule has 2 aromatic heterocycles. The van der Waals surface area contributed by atoms with Crippen molar-refractivity contribution < 1.29 is 13.7 Å². The average Bonchev–Trinajstić information content (AvgIpc) is 3.32. The lowest BCUT2D eigenvalue weighted by molar-refractivity contribution is -0.116. The molecule has 0 saturated heterocycles. The molecule has 0 saturated carbocycles. The SMILES string of the molecule is O=C(Cn1cnc(-c2noc(-c3ccc(F)cc3)n2)c1)Nc1cccc(Cl)c1. The lowest BCUT2D eigenvalue weighted by Gasteiger charge is -2.05. The molecule has 7 nitrogen and oxygen atoms in total. The number of nitrogens with one attached hydrogen (secondary N) is 1. The van der Waals surface area contributed by atoms with E-state index in [9.17, 15) is 9.18 Å². The van der Waals surface area contributed by atoms with E-state index in [0.29, 0.717) is 22.0 Å². The minimum atomic E-state index is -0.349. The van der Waals surface area contributed by atoms with Crippen molar-refractivity contribution in [1.82, 2.24) is 19.7 Å². The summed E-state index contributed by atoms with van der Waals surface area (Å²) in [6.45, 7) is 0.0577. The van der Waals surface area contributed by atoms with Crippen molar-refractivity contribution in [2.75, 3.05) is 5.32 Å². The fourth-order valence-electron chi connectivity index (χ4n) is 2.53. The minimum Gasteiger partial charge on any atom is -0.334 e. The van der Waals surface area contributed by atoms with Gasteiger partial charge in [0, 0.05) is 22.5 Å². The van der Waals surface area contributed by atoms with Crippen LogP contribution in [0.15, 0.2) is 65.6 Å². The molecule has 0 fully saturated rings. The van der Waals surface area contributed by atoms with Gasteiger partial charge in [-0.05, 0) is 42.5 Å². The second kappa shape index (κ2) is 7.61. The summed E-state index contributed by atoms with van der Waals surface area (Å²) in [7, 11) is 0. The van der Waals surface area contributed by atoms with E-state index >= 15 is 0 Å². The summed E-state index contributed by atoms with van der Waals surface area (Å²) in [5.74, 6) is -0.0545. The molecule has 4 rings (SSSR count). The zero-order chi connectivity index (χ0) is 19.5. The Labute approximate surface area is 163 Å². The molecule has 9 heteroatoms. The van der Waals surface area contributed by atoms with Crippen LogP contribution in [0.25, 0.3) is 23.0 Å². The molecule has 1 amide bonds. The van der Waals surface area contributed by atoms with E-state index in [1.165, 1.54) is 18.5 Å². The number of imidazole rings is 1. The number of hydrogen-bond acceptors (Lipinski definition) is 5. The first-order chi connectivity index (χ1) is 13.6. The zero-order valence-corrected chi connectivity index (χ0v) is 15.1. The van der Waals surface area contributed by atoms with Gasteiger partial charge in [0.15, 0.2) is 0 Å². The summed E-state index contributed by atoms with van der Waals surface area (Å²) in [5.41, 5.74) is 1.66. The number of carbonyl (C=O) groups excluding carboxylic acids is 1. The Balaban J connectivity index is 1.44. The Bertz CT molecular complexity index is 1120. The van der Waals surface area contributed by atoms with Crippen LogP contribution >= 0.6 is 11.6 Å². The zero-order valence-electron chi connectivity index (χ0n) is 14.3. The monoisotopic (exact) mass is 397 g/mol. The number of halogens is 2. The Morgan fingerprint density at radius 1 is 1.21 bits per heavy atom. The predicted octanol–water partition coefficient (Wildman–Crippen LogP) is 4.03. The first kappa shape index (κ1) is 17.9. The molecule has 0 radical (unpaired) electrons. The van der Waals surface area contributed by atoms with Gasteiger partial charge in [-0.2, -0.15) is 4.98 Å². The highest BCUT2D eigenvalue weighted by atomic mass is 35.5. The number of nitrogens with zero attached hydrogens (tertiary/aromatic N) is 4. The number of anilines is 1. The number of carbonyl (C=O) groups is 1. The van der Waals surface area contributed by atoms with Gasteiger partial charge in [0.25, 0.3) is 5.89 Å². The van der Waals surface area contributed by atoms with Gasteiger partial charge < -0.3 is 14.4 Å². The van der Waals surface area contributed by atoms with Crippen molar-refractivity contribution >= 4 is 23.2 Å². The molecule has 0 atom stereocenters. The van der Waals surface area contributed by atoms with Gasteiger partial charge in [-0.3, -0.25) is 4.79 Å². The van der Waals surface area contributed by atoms with Crippen molar-refractivity contribution in [1.29, 1.82) is 0 Å². The molecule has 2 aromatic carbocycles. The number of amides is 1. The highest BCUT2D eigenvalue weighted by molar-refractivity contribution is 6.30.